The lowest BCUT2D eigenvalue weighted by Gasteiger charge is -2.29. The van der Waals surface area contributed by atoms with Crippen LogP contribution in [0.5, 0.6) is 0 Å². The van der Waals surface area contributed by atoms with E-state index in [9.17, 15) is 18.5 Å². The Balaban J connectivity index is 1.97. The van der Waals surface area contributed by atoms with E-state index in [1.807, 2.05) is 19.1 Å². The summed E-state index contributed by atoms with van der Waals surface area (Å²) in [5.41, 5.74) is -0.296. The lowest BCUT2D eigenvalue weighted by Crippen LogP contribution is -2.52. The molecule has 0 spiro atoms. The summed E-state index contributed by atoms with van der Waals surface area (Å²) in [5.74, 6) is 0.231. The number of hydrogen-bond donors (Lipinski definition) is 0. The van der Waals surface area contributed by atoms with E-state index < -0.39 is 34.1 Å². The Kier molecular flexibility index (Phi) is 4.26. The molecule has 0 aromatic heterocycles. The minimum absolute atomic E-state index is 0.220. The van der Waals surface area contributed by atoms with Crippen molar-refractivity contribution in [1.29, 1.82) is 0 Å². The number of allylic oxidation sites excluding steroid dienone is 4. The first kappa shape index (κ1) is 15.1. The van der Waals surface area contributed by atoms with Crippen molar-refractivity contribution in [3.63, 3.8) is 0 Å². The zero-order valence-electron chi connectivity index (χ0n) is 11.1. The summed E-state index contributed by atoms with van der Waals surface area (Å²) in [6.07, 6.45) is 7.76. The molecule has 20 heavy (non-hydrogen) atoms. The highest BCUT2D eigenvalue weighted by Gasteiger charge is 2.49. The Hall–Kier alpha value is -1.25. The SMILES string of the molecule is CC1=CCC(CCC2([N+](=O)[O-])COS(=O)(=O)OC2)C=C1. The third-order valence-electron chi connectivity index (χ3n) is 3.69. The largest absolute Gasteiger partial charge is 0.400 e. The first-order valence-corrected chi connectivity index (χ1v) is 7.70. The molecule has 0 saturated carbocycles. The summed E-state index contributed by atoms with van der Waals surface area (Å²) in [6, 6.07) is 0. The molecule has 0 N–H and O–H groups in total. The smallest absolute Gasteiger partial charge is 0.264 e. The second-order valence-electron chi connectivity index (χ2n) is 5.26. The summed E-state index contributed by atoms with van der Waals surface area (Å²) in [7, 11) is -4.07. The zero-order chi connectivity index (χ0) is 14.8. The Labute approximate surface area is 117 Å². The van der Waals surface area contributed by atoms with Gasteiger partial charge in [-0.1, -0.05) is 23.8 Å². The van der Waals surface area contributed by atoms with E-state index in [-0.39, 0.29) is 12.3 Å². The molecule has 0 amide bonds. The van der Waals surface area contributed by atoms with Crippen LogP contribution in [0.4, 0.5) is 0 Å². The molecule has 0 aromatic rings. The Bertz CT molecular complexity index is 536. The Morgan fingerprint density at radius 3 is 2.60 bits per heavy atom. The van der Waals surface area contributed by atoms with Crippen LogP contribution in [0.3, 0.4) is 0 Å². The van der Waals surface area contributed by atoms with E-state index in [0.717, 1.165) is 6.42 Å². The summed E-state index contributed by atoms with van der Waals surface area (Å²) >= 11 is 0. The molecule has 1 fully saturated rings. The van der Waals surface area contributed by atoms with Gasteiger partial charge in [-0.05, 0) is 25.7 Å². The molecule has 0 radical (unpaired) electrons. The molecule has 1 heterocycles. The first-order chi connectivity index (χ1) is 9.33. The van der Waals surface area contributed by atoms with E-state index in [1.54, 1.807) is 0 Å². The van der Waals surface area contributed by atoms with Crippen LogP contribution in [0.15, 0.2) is 23.8 Å². The zero-order valence-corrected chi connectivity index (χ0v) is 12.0. The maximum absolute atomic E-state index is 11.2. The third-order valence-corrected chi connectivity index (χ3v) is 4.50. The highest BCUT2D eigenvalue weighted by molar-refractivity contribution is 7.81. The van der Waals surface area contributed by atoms with Gasteiger partial charge in [-0.25, -0.2) is 8.37 Å². The lowest BCUT2D eigenvalue weighted by molar-refractivity contribution is -0.579. The van der Waals surface area contributed by atoms with Gasteiger partial charge in [-0.2, -0.15) is 8.42 Å². The van der Waals surface area contributed by atoms with Gasteiger partial charge in [0.15, 0.2) is 0 Å². The van der Waals surface area contributed by atoms with Crippen LogP contribution in [0, 0.1) is 16.0 Å². The normalized spacial score (nSPS) is 27.9. The van der Waals surface area contributed by atoms with Crippen molar-refractivity contribution in [2.75, 3.05) is 13.2 Å². The first-order valence-electron chi connectivity index (χ1n) is 6.36. The van der Waals surface area contributed by atoms with Gasteiger partial charge >= 0.3 is 10.4 Å². The van der Waals surface area contributed by atoms with Gasteiger partial charge in [0.05, 0.1) is 0 Å². The van der Waals surface area contributed by atoms with Crippen molar-refractivity contribution in [2.45, 2.75) is 31.7 Å². The van der Waals surface area contributed by atoms with Crippen molar-refractivity contribution in [3.05, 3.63) is 33.9 Å². The van der Waals surface area contributed by atoms with Gasteiger partial charge in [0.1, 0.15) is 13.2 Å². The molecule has 2 aliphatic rings. The fraction of sp³-hybridized carbons (Fsp3) is 0.667. The van der Waals surface area contributed by atoms with Gasteiger partial charge in [0.25, 0.3) is 5.54 Å². The molecule has 2 rings (SSSR count). The van der Waals surface area contributed by atoms with E-state index in [2.05, 4.69) is 14.4 Å². The lowest BCUT2D eigenvalue weighted by atomic mass is 9.87. The Morgan fingerprint density at radius 2 is 2.10 bits per heavy atom. The molecule has 7 nitrogen and oxygen atoms in total. The number of nitro groups is 1. The molecule has 1 aliphatic carbocycles. The van der Waals surface area contributed by atoms with Gasteiger partial charge in [-0.3, -0.25) is 10.1 Å². The van der Waals surface area contributed by atoms with Crippen LogP contribution in [-0.4, -0.2) is 32.1 Å². The molecular formula is C12H17NO6S. The third kappa shape index (κ3) is 3.44. The van der Waals surface area contributed by atoms with Crippen molar-refractivity contribution in [1.82, 2.24) is 0 Å². The molecule has 1 unspecified atom stereocenters. The van der Waals surface area contributed by atoms with Crippen molar-refractivity contribution < 1.29 is 21.7 Å². The molecule has 112 valence electrons. The van der Waals surface area contributed by atoms with Crippen LogP contribution in [-0.2, 0) is 18.8 Å². The monoisotopic (exact) mass is 303 g/mol. The van der Waals surface area contributed by atoms with E-state index in [0.29, 0.717) is 6.42 Å². The average Bonchev–Trinajstić information content (AvgIpc) is 2.39. The molecule has 1 atom stereocenters. The summed E-state index contributed by atoms with van der Waals surface area (Å²) in [4.78, 5) is 10.7. The number of rotatable bonds is 4. The summed E-state index contributed by atoms with van der Waals surface area (Å²) in [5, 5.41) is 11.2. The maximum Gasteiger partial charge on any atom is 0.400 e. The summed E-state index contributed by atoms with van der Waals surface area (Å²) < 4.78 is 31.0. The molecular weight excluding hydrogens is 286 g/mol. The van der Waals surface area contributed by atoms with Gasteiger partial charge in [-0.15, -0.1) is 0 Å². The predicted molar refractivity (Wildman–Crippen MR) is 70.8 cm³/mol. The summed E-state index contributed by atoms with van der Waals surface area (Å²) in [6.45, 7) is 1.07. The van der Waals surface area contributed by atoms with Crippen LogP contribution >= 0.6 is 0 Å². The molecule has 1 aliphatic heterocycles. The number of hydrogen-bond acceptors (Lipinski definition) is 6. The molecule has 0 bridgehead atoms. The highest BCUT2D eigenvalue weighted by Crippen LogP contribution is 2.29. The molecule has 0 aromatic carbocycles. The second kappa shape index (κ2) is 5.63. The van der Waals surface area contributed by atoms with Crippen LogP contribution < -0.4 is 0 Å². The van der Waals surface area contributed by atoms with Crippen LogP contribution in [0.25, 0.3) is 0 Å². The van der Waals surface area contributed by atoms with E-state index in [1.165, 1.54) is 5.57 Å². The van der Waals surface area contributed by atoms with Gasteiger partial charge < -0.3 is 0 Å². The molecule has 8 heteroatoms. The quantitative estimate of drug-likeness (QED) is 0.578. The number of nitrogens with zero attached hydrogens (tertiary/aromatic N) is 1. The van der Waals surface area contributed by atoms with E-state index >= 15 is 0 Å². The van der Waals surface area contributed by atoms with Gasteiger partial charge in [0, 0.05) is 11.3 Å². The van der Waals surface area contributed by atoms with Crippen molar-refractivity contribution in [3.8, 4) is 0 Å². The average molecular weight is 303 g/mol. The van der Waals surface area contributed by atoms with Crippen LogP contribution in [0.2, 0.25) is 0 Å². The highest BCUT2D eigenvalue weighted by atomic mass is 32.3. The Morgan fingerprint density at radius 1 is 1.45 bits per heavy atom. The fourth-order valence-corrected chi connectivity index (χ4v) is 3.02. The fourth-order valence-electron chi connectivity index (χ4n) is 2.22. The van der Waals surface area contributed by atoms with E-state index in [4.69, 9.17) is 0 Å². The van der Waals surface area contributed by atoms with Crippen molar-refractivity contribution in [2.24, 2.45) is 5.92 Å². The maximum atomic E-state index is 11.2. The topological polar surface area (TPSA) is 95.7 Å². The van der Waals surface area contributed by atoms with Crippen LogP contribution in [0.1, 0.15) is 26.2 Å². The second-order valence-corrected chi connectivity index (χ2v) is 6.54. The standard InChI is InChI=1S/C12H17NO6S/c1-10-2-4-11(5-3-10)6-7-12(13(14)15)8-18-20(16,17)19-9-12/h2-4,11H,5-9H2,1H3. The predicted octanol–water partition coefficient (Wildman–Crippen LogP) is 1.60. The molecule has 1 saturated heterocycles. The minimum atomic E-state index is -4.07. The van der Waals surface area contributed by atoms with Crippen molar-refractivity contribution >= 4 is 10.4 Å². The van der Waals surface area contributed by atoms with Gasteiger partial charge in [0.2, 0.25) is 0 Å². The minimum Gasteiger partial charge on any atom is -0.264 e.